The van der Waals surface area contributed by atoms with E-state index in [1.165, 1.54) is 42.5 Å². The molecule has 1 fully saturated rings. The van der Waals surface area contributed by atoms with Crippen molar-refractivity contribution in [3.63, 3.8) is 0 Å². The molecule has 0 radical (unpaired) electrons. The number of aromatic amines is 1. The number of benzene rings is 1. The third-order valence-corrected chi connectivity index (χ3v) is 4.10. The highest BCUT2D eigenvalue weighted by Crippen LogP contribution is 2.24. The number of ether oxygens (including phenoxy) is 1. The molecule has 20 heavy (non-hydrogen) atoms. The minimum Gasteiger partial charge on any atom is -0.497 e. The van der Waals surface area contributed by atoms with Crippen LogP contribution in [0.15, 0.2) is 24.4 Å². The van der Waals surface area contributed by atoms with Crippen LogP contribution in [0.3, 0.4) is 0 Å². The Hall–Kier alpha value is -1.52. The number of hydrogen-bond donors (Lipinski definition) is 2. The van der Waals surface area contributed by atoms with Crippen molar-refractivity contribution in [1.82, 2.24) is 15.2 Å². The van der Waals surface area contributed by atoms with Gasteiger partial charge in [0, 0.05) is 43.3 Å². The molecule has 0 amide bonds. The fourth-order valence-corrected chi connectivity index (χ4v) is 2.92. The quantitative estimate of drug-likeness (QED) is 0.875. The summed E-state index contributed by atoms with van der Waals surface area (Å²) in [6, 6.07) is 6.23. The van der Waals surface area contributed by atoms with E-state index in [0.29, 0.717) is 0 Å². The summed E-state index contributed by atoms with van der Waals surface area (Å²) in [5.74, 6) is 0.931. The van der Waals surface area contributed by atoms with Gasteiger partial charge in [0.15, 0.2) is 0 Å². The Bertz CT molecular complexity index is 558. The average Bonchev–Trinajstić information content (AvgIpc) is 2.91. The number of piperazine rings is 1. The van der Waals surface area contributed by atoms with Crippen molar-refractivity contribution in [2.45, 2.75) is 12.8 Å². The summed E-state index contributed by atoms with van der Waals surface area (Å²) in [5.41, 5.74) is 2.59. The molecule has 4 nitrogen and oxygen atoms in total. The fraction of sp³-hybridized carbons (Fsp3) is 0.500. The standard InChI is InChI=1S/C16H23N3O/c1-20-14-4-5-16-15(11-14)13(12-18-16)3-2-8-19-9-6-17-7-10-19/h4-5,11-12,17-18H,2-3,6-10H2,1H3. The number of nitrogens with zero attached hydrogens (tertiary/aromatic N) is 1. The molecule has 0 unspecified atom stereocenters. The Morgan fingerprint density at radius 1 is 1.25 bits per heavy atom. The zero-order chi connectivity index (χ0) is 13.8. The Morgan fingerprint density at radius 3 is 2.90 bits per heavy atom. The van der Waals surface area contributed by atoms with Crippen LogP contribution in [0.5, 0.6) is 5.75 Å². The maximum atomic E-state index is 5.32. The zero-order valence-corrected chi connectivity index (χ0v) is 12.1. The lowest BCUT2D eigenvalue weighted by Crippen LogP contribution is -2.43. The van der Waals surface area contributed by atoms with Crippen LogP contribution in [0, 0.1) is 0 Å². The van der Waals surface area contributed by atoms with Crippen LogP contribution in [0.2, 0.25) is 0 Å². The summed E-state index contributed by atoms with van der Waals surface area (Å²) in [6.45, 7) is 5.82. The third-order valence-electron chi connectivity index (χ3n) is 4.10. The molecule has 1 aromatic heterocycles. The Kier molecular flexibility index (Phi) is 4.23. The monoisotopic (exact) mass is 273 g/mol. The number of nitrogens with one attached hydrogen (secondary N) is 2. The van der Waals surface area contributed by atoms with Crippen LogP contribution >= 0.6 is 0 Å². The van der Waals surface area contributed by atoms with Crippen molar-refractivity contribution < 1.29 is 4.74 Å². The molecule has 1 aliphatic rings. The van der Waals surface area contributed by atoms with E-state index in [4.69, 9.17) is 4.74 Å². The molecule has 3 rings (SSSR count). The van der Waals surface area contributed by atoms with Gasteiger partial charge < -0.3 is 19.9 Å². The normalized spacial score (nSPS) is 16.6. The van der Waals surface area contributed by atoms with Gasteiger partial charge in [-0.05, 0) is 43.1 Å². The third kappa shape index (κ3) is 2.97. The van der Waals surface area contributed by atoms with Crippen molar-refractivity contribution in [2.75, 3.05) is 39.8 Å². The van der Waals surface area contributed by atoms with E-state index in [0.717, 1.165) is 25.3 Å². The molecule has 108 valence electrons. The Morgan fingerprint density at radius 2 is 2.10 bits per heavy atom. The molecule has 0 atom stereocenters. The van der Waals surface area contributed by atoms with Crippen molar-refractivity contribution >= 4 is 10.9 Å². The molecule has 4 heteroatoms. The first kappa shape index (κ1) is 13.5. The maximum absolute atomic E-state index is 5.32. The highest BCUT2D eigenvalue weighted by atomic mass is 16.5. The van der Waals surface area contributed by atoms with E-state index >= 15 is 0 Å². The SMILES string of the molecule is COc1ccc2[nH]cc(CCCN3CCNCC3)c2c1. The molecule has 2 N–H and O–H groups in total. The van der Waals surface area contributed by atoms with Gasteiger partial charge in [-0.3, -0.25) is 0 Å². The minimum atomic E-state index is 0.931. The summed E-state index contributed by atoms with van der Waals surface area (Å²) < 4.78 is 5.32. The van der Waals surface area contributed by atoms with Crippen LogP contribution < -0.4 is 10.1 Å². The zero-order valence-electron chi connectivity index (χ0n) is 12.1. The highest BCUT2D eigenvalue weighted by Gasteiger charge is 2.10. The largest absolute Gasteiger partial charge is 0.497 e. The Labute approximate surface area is 120 Å². The second-order valence-electron chi connectivity index (χ2n) is 5.42. The number of aromatic nitrogens is 1. The lowest BCUT2D eigenvalue weighted by molar-refractivity contribution is 0.238. The number of aryl methyl sites for hydroxylation is 1. The van der Waals surface area contributed by atoms with Gasteiger partial charge in [0.1, 0.15) is 5.75 Å². The van der Waals surface area contributed by atoms with Crippen LogP contribution in [0.4, 0.5) is 0 Å². The topological polar surface area (TPSA) is 40.3 Å². The van der Waals surface area contributed by atoms with Crippen LogP contribution in [-0.2, 0) is 6.42 Å². The van der Waals surface area contributed by atoms with E-state index in [9.17, 15) is 0 Å². The summed E-state index contributed by atoms with van der Waals surface area (Å²) in [4.78, 5) is 5.90. The van der Waals surface area contributed by atoms with Gasteiger partial charge in [0.2, 0.25) is 0 Å². The van der Waals surface area contributed by atoms with Gasteiger partial charge in [0.05, 0.1) is 7.11 Å². The molecule has 0 bridgehead atoms. The lowest BCUT2D eigenvalue weighted by Gasteiger charge is -2.26. The van der Waals surface area contributed by atoms with Crippen LogP contribution in [0.25, 0.3) is 10.9 Å². The van der Waals surface area contributed by atoms with Crippen LogP contribution in [-0.4, -0.2) is 49.7 Å². The van der Waals surface area contributed by atoms with Gasteiger partial charge in [-0.15, -0.1) is 0 Å². The van der Waals surface area contributed by atoms with Gasteiger partial charge in [-0.1, -0.05) is 0 Å². The molecule has 1 aliphatic heterocycles. The molecular weight excluding hydrogens is 250 g/mol. The molecule has 2 heterocycles. The van der Waals surface area contributed by atoms with Crippen LogP contribution in [0.1, 0.15) is 12.0 Å². The maximum Gasteiger partial charge on any atom is 0.119 e. The molecule has 1 saturated heterocycles. The van der Waals surface area contributed by atoms with E-state index in [2.05, 4.69) is 33.5 Å². The first-order valence-electron chi connectivity index (χ1n) is 7.44. The van der Waals surface area contributed by atoms with E-state index in [1.807, 2.05) is 6.07 Å². The highest BCUT2D eigenvalue weighted by molar-refractivity contribution is 5.84. The van der Waals surface area contributed by atoms with Crippen molar-refractivity contribution in [3.8, 4) is 5.75 Å². The number of methoxy groups -OCH3 is 1. The molecular formula is C16H23N3O. The van der Waals surface area contributed by atoms with Gasteiger partial charge in [-0.25, -0.2) is 0 Å². The summed E-state index contributed by atoms with van der Waals surface area (Å²) in [7, 11) is 1.72. The van der Waals surface area contributed by atoms with Gasteiger partial charge in [0.25, 0.3) is 0 Å². The van der Waals surface area contributed by atoms with Crippen molar-refractivity contribution in [3.05, 3.63) is 30.0 Å². The van der Waals surface area contributed by atoms with E-state index in [1.54, 1.807) is 7.11 Å². The van der Waals surface area contributed by atoms with Gasteiger partial charge >= 0.3 is 0 Å². The predicted molar refractivity (Wildman–Crippen MR) is 82.5 cm³/mol. The number of H-pyrrole nitrogens is 1. The van der Waals surface area contributed by atoms with E-state index < -0.39 is 0 Å². The van der Waals surface area contributed by atoms with E-state index in [-0.39, 0.29) is 0 Å². The summed E-state index contributed by atoms with van der Waals surface area (Å²) in [6.07, 6.45) is 4.48. The minimum absolute atomic E-state index is 0.931. The second-order valence-corrected chi connectivity index (χ2v) is 5.42. The lowest BCUT2D eigenvalue weighted by atomic mass is 10.1. The predicted octanol–water partition coefficient (Wildman–Crippen LogP) is 2.01. The number of rotatable bonds is 5. The van der Waals surface area contributed by atoms with Crippen molar-refractivity contribution in [2.24, 2.45) is 0 Å². The van der Waals surface area contributed by atoms with Gasteiger partial charge in [-0.2, -0.15) is 0 Å². The van der Waals surface area contributed by atoms with Crippen molar-refractivity contribution in [1.29, 1.82) is 0 Å². The molecule has 2 aromatic rings. The molecule has 0 aliphatic carbocycles. The smallest absolute Gasteiger partial charge is 0.119 e. The number of fused-ring (bicyclic) bond motifs is 1. The molecule has 0 saturated carbocycles. The fourth-order valence-electron chi connectivity index (χ4n) is 2.92. The second kappa shape index (κ2) is 6.29. The summed E-state index contributed by atoms with van der Waals surface area (Å²) >= 11 is 0. The molecule has 0 spiro atoms. The summed E-state index contributed by atoms with van der Waals surface area (Å²) in [5, 5.41) is 4.69. The first-order chi connectivity index (χ1) is 9.86. The number of hydrogen-bond acceptors (Lipinski definition) is 3. The first-order valence-corrected chi connectivity index (χ1v) is 7.44. The Balaban J connectivity index is 1.62. The molecule has 1 aromatic carbocycles. The average molecular weight is 273 g/mol.